The summed E-state index contributed by atoms with van der Waals surface area (Å²) in [6.07, 6.45) is 7.61. The van der Waals surface area contributed by atoms with Crippen LogP contribution in [0.2, 0.25) is 0 Å². The first kappa shape index (κ1) is 12.8. The van der Waals surface area contributed by atoms with E-state index in [-0.39, 0.29) is 11.9 Å². The molecule has 0 spiro atoms. The molecule has 1 saturated carbocycles. The van der Waals surface area contributed by atoms with Crippen molar-refractivity contribution in [3.63, 3.8) is 0 Å². The van der Waals surface area contributed by atoms with E-state index in [0.29, 0.717) is 12.5 Å². The Morgan fingerprint density at radius 3 is 3.20 bits per heavy atom. The molecule has 3 atom stereocenters. The maximum Gasteiger partial charge on any atom is 0.237 e. The molecular weight excluding hydrogens is 268 g/mol. The molecule has 1 aromatic rings. The molecular formula is C16H22N2OS. The van der Waals surface area contributed by atoms with Crippen molar-refractivity contribution in [3.05, 3.63) is 21.4 Å². The zero-order chi connectivity index (χ0) is 13.5. The molecule has 3 nitrogen and oxygen atoms in total. The Morgan fingerprint density at radius 1 is 1.35 bits per heavy atom. The lowest BCUT2D eigenvalue weighted by Crippen LogP contribution is -2.43. The number of carbonyl (C=O) groups is 1. The van der Waals surface area contributed by atoms with E-state index in [1.54, 1.807) is 4.88 Å². The molecule has 4 heteroatoms. The first-order valence-corrected chi connectivity index (χ1v) is 8.74. The topological polar surface area (TPSA) is 41.1 Å². The van der Waals surface area contributed by atoms with Gasteiger partial charge in [0.25, 0.3) is 0 Å². The van der Waals surface area contributed by atoms with Crippen molar-refractivity contribution >= 4 is 17.2 Å². The van der Waals surface area contributed by atoms with Crippen LogP contribution in [0.4, 0.5) is 0 Å². The van der Waals surface area contributed by atoms with Crippen LogP contribution in [0.25, 0.3) is 0 Å². The molecule has 1 aliphatic heterocycles. The summed E-state index contributed by atoms with van der Waals surface area (Å²) < 4.78 is 0. The predicted octanol–water partition coefficient (Wildman–Crippen LogP) is 2.24. The third-order valence-corrected chi connectivity index (χ3v) is 6.50. The summed E-state index contributed by atoms with van der Waals surface area (Å²) in [6, 6.07) is 2.36. The highest BCUT2D eigenvalue weighted by Gasteiger charge is 2.42. The number of hydrogen-bond acceptors (Lipinski definition) is 3. The quantitative estimate of drug-likeness (QED) is 0.896. The minimum Gasteiger partial charge on any atom is -0.350 e. The Hall–Kier alpha value is -0.870. The van der Waals surface area contributed by atoms with Gasteiger partial charge in [-0.05, 0) is 62.1 Å². The number of hydrogen-bond donors (Lipinski definition) is 2. The molecule has 4 rings (SSSR count). The third-order valence-electron chi connectivity index (χ3n) is 5.26. The van der Waals surface area contributed by atoms with Crippen molar-refractivity contribution in [2.45, 2.75) is 51.1 Å². The highest BCUT2D eigenvalue weighted by atomic mass is 32.1. The summed E-state index contributed by atoms with van der Waals surface area (Å²) >= 11 is 1.89. The van der Waals surface area contributed by atoms with Crippen LogP contribution in [0.1, 0.15) is 41.0 Å². The zero-order valence-electron chi connectivity index (χ0n) is 11.8. The van der Waals surface area contributed by atoms with E-state index in [0.717, 1.165) is 12.5 Å². The highest BCUT2D eigenvalue weighted by Crippen LogP contribution is 2.37. The van der Waals surface area contributed by atoms with Gasteiger partial charge in [-0.3, -0.25) is 4.79 Å². The van der Waals surface area contributed by atoms with Gasteiger partial charge in [0.15, 0.2) is 0 Å². The molecule has 108 valence electrons. The van der Waals surface area contributed by atoms with Crippen LogP contribution in [0.15, 0.2) is 6.07 Å². The lowest BCUT2D eigenvalue weighted by atomic mass is 9.94. The van der Waals surface area contributed by atoms with Crippen LogP contribution in [0.3, 0.4) is 0 Å². The second-order valence-corrected chi connectivity index (χ2v) is 7.69. The van der Waals surface area contributed by atoms with E-state index in [4.69, 9.17) is 0 Å². The molecule has 2 aliphatic carbocycles. The lowest BCUT2D eigenvalue weighted by molar-refractivity contribution is -0.123. The van der Waals surface area contributed by atoms with Crippen LogP contribution in [-0.4, -0.2) is 18.5 Å². The van der Waals surface area contributed by atoms with Crippen LogP contribution in [0.5, 0.6) is 0 Å². The average Bonchev–Trinajstić information content (AvgIpc) is 3.14. The first-order valence-electron chi connectivity index (χ1n) is 7.93. The maximum absolute atomic E-state index is 12.4. The van der Waals surface area contributed by atoms with Gasteiger partial charge in [0.1, 0.15) is 0 Å². The summed E-state index contributed by atoms with van der Waals surface area (Å²) in [7, 11) is 0. The molecule has 2 N–H and O–H groups in total. The van der Waals surface area contributed by atoms with Crippen molar-refractivity contribution in [3.8, 4) is 0 Å². The first-order chi connectivity index (χ1) is 9.81. The molecule has 2 fully saturated rings. The van der Waals surface area contributed by atoms with Gasteiger partial charge in [0.2, 0.25) is 5.91 Å². The minimum atomic E-state index is 0.0642. The fourth-order valence-electron chi connectivity index (χ4n) is 4.24. The van der Waals surface area contributed by atoms with E-state index in [2.05, 4.69) is 16.7 Å². The smallest absolute Gasteiger partial charge is 0.237 e. The Labute approximate surface area is 124 Å². The fourth-order valence-corrected chi connectivity index (χ4v) is 5.44. The van der Waals surface area contributed by atoms with Crippen LogP contribution < -0.4 is 10.6 Å². The third kappa shape index (κ3) is 2.19. The molecule has 1 aromatic heterocycles. The number of amides is 1. The molecule has 0 radical (unpaired) electrons. The van der Waals surface area contributed by atoms with Gasteiger partial charge in [0.05, 0.1) is 12.6 Å². The van der Waals surface area contributed by atoms with Crippen molar-refractivity contribution in [1.82, 2.24) is 10.6 Å². The standard InChI is InChI=1S/C16H22N2OS/c19-16(15-13-5-1-4-11(13)8-17-15)18-9-12-7-10-3-2-6-14(10)20-12/h7,11,13,15,17H,1-6,8-9H2,(H,18,19). The number of aryl methyl sites for hydroxylation is 2. The Kier molecular flexibility index (Phi) is 3.31. The molecule has 2 heterocycles. The van der Waals surface area contributed by atoms with E-state index >= 15 is 0 Å². The SMILES string of the molecule is O=C(NCc1cc2c(s1)CCC2)C1NCC2CCCC21. The molecule has 0 aromatic carbocycles. The van der Waals surface area contributed by atoms with E-state index < -0.39 is 0 Å². The van der Waals surface area contributed by atoms with Gasteiger partial charge in [-0.1, -0.05) is 6.42 Å². The predicted molar refractivity (Wildman–Crippen MR) is 80.8 cm³/mol. The molecule has 1 amide bonds. The Morgan fingerprint density at radius 2 is 2.30 bits per heavy atom. The summed E-state index contributed by atoms with van der Waals surface area (Å²) in [5.74, 6) is 1.55. The van der Waals surface area contributed by atoms with Gasteiger partial charge in [-0.25, -0.2) is 0 Å². The number of nitrogens with one attached hydrogen (secondary N) is 2. The van der Waals surface area contributed by atoms with Gasteiger partial charge in [-0.15, -0.1) is 11.3 Å². The number of carbonyl (C=O) groups excluding carboxylic acids is 1. The van der Waals surface area contributed by atoms with E-state index in [1.165, 1.54) is 49.0 Å². The maximum atomic E-state index is 12.4. The summed E-state index contributed by atoms with van der Waals surface area (Å²) in [6.45, 7) is 1.75. The van der Waals surface area contributed by atoms with Gasteiger partial charge >= 0.3 is 0 Å². The summed E-state index contributed by atoms with van der Waals surface area (Å²) in [5.41, 5.74) is 1.52. The summed E-state index contributed by atoms with van der Waals surface area (Å²) in [5, 5.41) is 6.58. The highest BCUT2D eigenvalue weighted by molar-refractivity contribution is 7.12. The van der Waals surface area contributed by atoms with E-state index in [1.807, 2.05) is 11.3 Å². The Bertz CT molecular complexity index is 503. The van der Waals surface area contributed by atoms with Crippen LogP contribution in [-0.2, 0) is 24.2 Å². The normalized spacial score (nSPS) is 31.3. The number of rotatable bonds is 3. The van der Waals surface area contributed by atoms with Crippen molar-refractivity contribution < 1.29 is 4.79 Å². The van der Waals surface area contributed by atoms with Gasteiger partial charge in [-0.2, -0.15) is 0 Å². The van der Waals surface area contributed by atoms with Crippen LogP contribution >= 0.6 is 11.3 Å². The van der Waals surface area contributed by atoms with Crippen molar-refractivity contribution in [1.29, 1.82) is 0 Å². The largest absolute Gasteiger partial charge is 0.350 e. The molecule has 3 aliphatic rings. The molecule has 20 heavy (non-hydrogen) atoms. The average molecular weight is 290 g/mol. The fraction of sp³-hybridized carbons (Fsp3) is 0.688. The van der Waals surface area contributed by atoms with Gasteiger partial charge < -0.3 is 10.6 Å². The minimum absolute atomic E-state index is 0.0642. The molecule has 1 saturated heterocycles. The Balaban J connectivity index is 1.35. The number of fused-ring (bicyclic) bond motifs is 2. The van der Waals surface area contributed by atoms with E-state index in [9.17, 15) is 4.79 Å². The zero-order valence-corrected chi connectivity index (χ0v) is 12.6. The molecule has 0 bridgehead atoms. The van der Waals surface area contributed by atoms with Crippen molar-refractivity contribution in [2.75, 3.05) is 6.54 Å². The van der Waals surface area contributed by atoms with Crippen molar-refractivity contribution in [2.24, 2.45) is 11.8 Å². The molecule has 3 unspecified atom stereocenters. The second-order valence-electron chi connectivity index (χ2n) is 6.47. The monoisotopic (exact) mass is 290 g/mol. The number of thiophene rings is 1. The second kappa shape index (κ2) is 5.15. The van der Waals surface area contributed by atoms with Gasteiger partial charge in [0, 0.05) is 9.75 Å². The van der Waals surface area contributed by atoms with Crippen LogP contribution in [0, 0.1) is 11.8 Å². The summed E-state index contributed by atoms with van der Waals surface area (Å²) in [4.78, 5) is 15.2. The lowest BCUT2D eigenvalue weighted by Gasteiger charge is -2.17.